The zero-order valence-electron chi connectivity index (χ0n) is 6.85. The molecule has 0 bridgehead atoms. The molecule has 13 heavy (non-hydrogen) atoms. The van der Waals surface area contributed by atoms with Crippen molar-refractivity contribution in [3.05, 3.63) is 33.8 Å². The Morgan fingerprint density at radius 1 is 1.31 bits per heavy atom. The van der Waals surface area contributed by atoms with Gasteiger partial charge in [0.25, 0.3) is 0 Å². The maximum Gasteiger partial charge on any atom is 0.132 e. The Kier molecular flexibility index (Phi) is 4.81. The second-order valence-electron chi connectivity index (χ2n) is 2.57. The molecule has 1 rings (SSSR count). The van der Waals surface area contributed by atoms with Crippen molar-refractivity contribution < 1.29 is 8.78 Å². The maximum absolute atomic E-state index is 13.0. The Labute approximate surface area is 89.9 Å². The van der Waals surface area contributed by atoms with Gasteiger partial charge in [0, 0.05) is 16.1 Å². The third-order valence-corrected chi connectivity index (χ3v) is 1.96. The van der Waals surface area contributed by atoms with Crippen LogP contribution >= 0.6 is 28.3 Å². The first-order valence-corrected chi connectivity index (χ1v) is 4.21. The molecule has 1 aromatic rings. The molecule has 0 radical (unpaired) electrons. The van der Waals surface area contributed by atoms with Crippen LogP contribution < -0.4 is 5.73 Å². The SMILES string of the molecule is CC(N)c1c(F)cc(Br)cc1F.Cl. The molecule has 1 unspecified atom stereocenters. The molecule has 0 aliphatic rings. The van der Waals surface area contributed by atoms with Gasteiger partial charge in [0.15, 0.2) is 0 Å². The van der Waals surface area contributed by atoms with Gasteiger partial charge in [0.2, 0.25) is 0 Å². The minimum absolute atomic E-state index is 0. The lowest BCUT2D eigenvalue weighted by atomic mass is 10.1. The molecule has 1 atom stereocenters. The van der Waals surface area contributed by atoms with Gasteiger partial charge in [-0.2, -0.15) is 0 Å². The molecule has 5 heteroatoms. The molecule has 2 N–H and O–H groups in total. The lowest BCUT2D eigenvalue weighted by Gasteiger charge is -2.08. The van der Waals surface area contributed by atoms with Crippen LogP contribution in [0, 0.1) is 11.6 Å². The van der Waals surface area contributed by atoms with Crippen LogP contribution in [0.4, 0.5) is 8.78 Å². The van der Waals surface area contributed by atoms with E-state index in [0.29, 0.717) is 4.47 Å². The van der Waals surface area contributed by atoms with Crippen LogP contribution in [0.2, 0.25) is 0 Å². The molecular weight excluding hydrogens is 263 g/mol. The molecular formula is C8H9BrClF2N. The van der Waals surface area contributed by atoms with Crippen LogP contribution in [0.3, 0.4) is 0 Å². The van der Waals surface area contributed by atoms with E-state index in [1.807, 2.05) is 0 Å². The molecule has 0 saturated carbocycles. The summed E-state index contributed by atoms with van der Waals surface area (Å²) in [5.74, 6) is -1.23. The van der Waals surface area contributed by atoms with Crippen LogP contribution in [0.1, 0.15) is 18.5 Å². The molecule has 74 valence electrons. The van der Waals surface area contributed by atoms with Crippen LogP contribution in [0.25, 0.3) is 0 Å². The average molecular weight is 273 g/mol. The first-order valence-electron chi connectivity index (χ1n) is 3.42. The monoisotopic (exact) mass is 271 g/mol. The van der Waals surface area contributed by atoms with Crippen molar-refractivity contribution in [3.8, 4) is 0 Å². The van der Waals surface area contributed by atoms with Crippen molar-refractivity contribution in [2.45, 2.75) is 13.0 Å². The van der Waals surface area contributed by atoms with E-state index in [1.54, 1.807) is 0 Å². The third-order valence-electron chi connectivity index (χ3n) is 1.50. The van der Waals surface area contributed by atoms with Gasteiger partial charge in [0.1, 0.15) is 11.6 Å². The summed E-state index contributed by atoms with van der Waals surface area (Å²) in [4.78, 5) is 0. The third kappa shape index (κ3) is 2.90. The summed E-state index contributed by atoms with van der Waals surface area (Å²) in [5.41, 5.74) is 5.30. The highest BCUT2D eigenvalue weighted by molar-refractivity contribution is 9.10. The second-order valence-corrected chi connectivity index (χ2v) is 3.49. The molecule has 0 aliphatic heterocycles. The summed E-state index contributed by atoms with van der Waals surface area (Å²) in [7, 11) is 0. The van der Waals surface area contributed by atoms with Gasteiger partial charge in [0.05, 0.1) is 0 Å². The Morgan fingerprint density at radius 3 is 2.00 bits per heavy atom. The van der Waals surface area contributed by atoms with E-state index >= 15 is 0 Å². The number of nitrogens with two attached hydrogens (primary N) is 1. The quantitative estimate of drug-likeness (QED) is 0.835. The summed E-state index contributed by atoms with van der Waals surface area (Å²) >= 11 is 2.98. The molecule has 0 spiro atoms. The van der Waals surface area contributed by atoms with E-state index in [4.69, 9.17) is 5.73 Å². The Bertz CT molecular complexity index is 281. The number of benzene rings is 1. The van der Waals surface area contributed by atoms with E-state index in [1.165, 1.54) is 19.1 Å². The molecule has 0 heterocycles. The summed E-state index contributed by atoms with van der Waals surface area (Å²) in [6.07, 6.45) is 0. The summed E-state index contributed by atoms with van der Waals surface area (Å²) in [6, 6.07) is 1.77. The standard InChI is InChI=1S/C8H8BrF2N.ClH/c1-4(12)8-6(10)2-5(9)3-7(8)11;/h2-4H,12H2,1H3;1H. The minimum Gasteiger partial charge on any atom is -0.324 e. The zero-order chi connectivity index (χ0) is 9.30. The number of hydrogen-bond acceptors (Lipinski definition) is 1. The van der Waals surface area contributed by atoms with E-state index in [9.17, 15) is 8.78 Å². The van der Waals surface area contributed by atoms with Gasteiger partial charge in [-0.15, -0.1) is 12.4 Å². The minimum atomic E-state index is -0.627. The zero-order valence-corrected chi connectivity index (χ0v) is 9.25. The van der Waals surface area contributed by atoms with Crippen molar-refractivity contribution in [3.63, 3.8) is 0 Å². The maximum atomic E-state index is 13.0. The van der Waals surface area contributed by atoms with Gasteiger partial charge >= 0.3 is 0 Å². The molecule has 0 amide bonds. The highest BCUT2D eigenvalue weighted by Gasteiger charge is 2.13. The van der Waals surface area contributed by atoms with Gasteiger partial charge in [-0.05, 0) is 19.1 Å². The lowest BCUT2D eigenvalue weighted by Crippen LogP contribution is -2.10. The van der Waals surface area contributed by atoms with Gasteiger partial charge in [-0.25, -0.2) is 8.78 Å². The van der Waals surface area contributed by atoms with E-state index in [2.05, 4.69) is 15.9 Å². The van der Waals surface area contributed by atoms with E-state index in [0.717, 1.165) is 0 Å². The first-order chi connectivity index (χ1) is 5.52. The van der Waals surface area contributed by atoms with Crippen molar-refractivity contribution >= 4 is 28.3 Å². The van der Waals surface area contributed by atoms with Crippen LogP contribution in [0.5, 0.6) is 0 Å². The second kappa shape index (κ2) is 4.88. The average Bonchev–Trinajstić information content (AvgIpc) is 1.82. The Hall–Kier alpha value is -0.190. The largest absolute Gasteiger partial charge is 0.324 e. The highest BCUT2D eigenvalue weighted by Crippen LogP contribution is 2.23. The molecule has 1 nitrogen and oxygen atoms in total. The molecule has 1 aromatic carbocycles. The van der Waals surface area contributed by atoms with E-state index in [-0.39, 0.29) is 18.0 Å². The van der Waals surface area contributed by atoms with Crippen LogP contribution in [-0.4, -0.2) is 0 Å². The fourth-order valence-corrected chi connectivity index (χ4v) is 1.39. The predicted molar refractivity (Wildman–Crippen MR) is 53.9 cm³/mol. The normalized spacial score (nSPS) is 12.1. The molecule has 0 fully saturated rings. The van der Waals surface area contributed by atoms with Crippen LogP contribution in [-0.2, 0) is 0 Å². The van der Waals surface area contributed by atoms with Crippen molar-refractivity contribution in [2.24, 2.45) is 5.73 Å². The lowest BCUT2D eigenvalue weighted by molar-refractivity contribution is 0.535. The molecule has 0 aromatic heterocycles. The number of halogens is 4. The summed E-state index contributed by atoms with van der Waals surface area (Å²) < 4.78 is 26.4. The van der Waals surface area contributed by atoms with Gasteiger partial charge < -0.3 is 5.73 Å². The Balaban J connectivity index is 0.00000144. The fraction of sp³-hybridized carbons (Fsp3) is 0.250. The smallest absolute Gasteiger partial charge is 0.132 e. The Morgan fingerprint density at radius 2 is 1.69 bits per heavy atom. The van der Waals surface area contributed by atoms with Crippen molar-refractivity contribution in [1.82, 2.24) is 0 Å². The number of hydrogen-bond donors (Lipinski definition) is 1. The topological polar surface area (TPSA) is 26.0 Å². The van der Waals surface area contributed by atoms with Gasteiger partial charge in [-0.3, -0.25) is 0 Å². The number of rotatable bonds is 1. The summed E-state index contributed by atoms with van der Waals surface area (Å²) in [5, 5.41) is 0. The molecule has 0 aliphatic carbocycles. The predicted octanol–water partition coefficient (Wildman–Crippen LogP) is 3.17. The van der Waals surface area contributed by atoms with E-state index < -0.39 is 17.7 Å². The van der Waals surface area contributed by atoms with Crippen LogP contribution in [0.15, 0.2) is 16.6 Å². The van der Waals surface area contributed by atoms with Crippen molar-refractivity contribution in [1.29, 1.82) is 0 Å². The first kappa shape index (κ1) is 12.8. The van der Waals surface area contributed by atoms with Gasteiger partial charge in [-0.1, -0.05) is 15.9 Å². The highest BCUT2D eigenvalue weighted by atomic mass is 79.9. The molecule has 0 saturated heterocycles. The fourth-order valence-electron chi connectivity index (χ4n) is 0.988. The van der Waals surface area contributed by atoms with Crippen molar-refractivity contribution in [2.75, 3.05) is 0 Å². The summed E-state index contributed by atoms with van der Waals surface area (Å²) in [6.45, 7) is 1.54.